The van der Waals surface area contributed by atoms with Gasteiger partial charge in [-0.1, -0.05) is 18.2 Å². The molecule has 1 fully saturated rings. The molecule has 1 aliphatic carbocycles. The molecule has 32 heavy (non-hydrogen) atoms. The molecule has 1 aromatic carbocycles. The molecule has 0 aliphatic heterocycles. The zero-order chi connectivity index (χ0) is 21.6. The SMILES string of the molecule is CN=C(NCc1ccnc(OCC2CC2)c1)NCc1ccccc1-n1nc(C)cc1C.I. The van der Waals surface area contributed by atoms with Crippen LogP contribution >= 0.6 is 24.0 Å². The second-order valence-electron chi connectivity index (χ2n) is 8.00. The van der Waals surface area contributed by atoms with E-state index in [4.69, 9.17) is 4.74 Å². The summed E-state index contributed by atoms with van der Waals surface area (Å²) in [5.74, 6) is 2.14. The van der Waals surface area contributed by atoms with Crippen LogP contribution in [0.4, 0.5) is 0 Å². The molecule has 0 saturated heterocycles. The van der Waals surface area contributed by atoms with Crippen LogP contribution in [-0.2, 0) is 13.1 Å². The number of nitrogens with one attached hydrogen (secondary N) is 2. The number of aryl methyl sites for hydroxylation is 2. The average molecular weight is 546 g/mol. The van der Waals surface area contributed by atoms with Crippen molar-refractivity contribution in [3.8, 4) is 11.6 Å². The van der Waals surface area contributed by atoms with E-state index in [2.05, 4.69) is 50.8 Å². The fourth-order valence-electron chi connectivity index (χ4n) is 3.45. The molecule has 7 nitrogen and oxygen atoms in total. The third-order valence-electron chi connectivity index (χ3n) is 5.32. The van der Waals surface area contributed by atoms with Crippen molar-refractivity contribution in [2.45, 2.75) is 39.8 Å². The zero-order valence-electron chi connectivity index (χ0n) is 18.8. The first-order valence-corrected chi connectivity index (χ1v) is 10.8. The second kappa shape index (κ2) is 11.3. The summed E-state index contributed by atoms with van der Waals surface area (Å²) in [5.41, 5.74) is 5.45. The summed E-state index contributed by atoms with van der Waals surface area (Å²) in [6.45, 7) is 6.13. The van der Waals surface area contributed by atoms with E-state index in [1.807, 2.05) is 35.9 Å². The molecule has 2 aromatic heterocycles. The number of aliphatic imine (C=N–C) groups is 1. The molecule has 1 aliphatic rings. The van der Waals surface area contributed by atoms with Crippen molar-refractivity contribution in [2.75, 3.05) is 13.7 Å². The van der Waals surface area contributed by atoms with Gasteiger partial charge in [0, 0.05) is 38.1 Å². The molecule has 0 amide bonds. The molecule has 1 saturated carbocycles. The number of hydrogen-bond acceptors (Lipinski definition) is 4. The molecule has 4 rings (SSSR count). The first kappa shape index (κ1) is 24.0. The Morgan fingerprint density at radius 2 is 1.91 bits per heavy atom. The molecular formula is C24H31IN6O. The number of ether oxygens (including phenoxy) is 1. The quantitative estimate of drug-likeness (QED) is 0.252. The van der Waals surface area contributed by atoms with Crippen LogP contribution in [0.15, 0.2) is 53.7 Å². The van der Waals surface area contributed by atoms with Crippen LogP contribution in [0.2, 0.25) is 0 Å². The van der Waals surface area contributed by atoms with Gasteiger partial charge in [0.2, 0.25) is 5.88 Å². The number of benzene rings is 1. The minimum absolute atomic E-state index is 0. The third-order valence-corrected chi connectivity index (χ3v) is 5.32. The Balaban J connectivity index is 0.00000289. The highest BCUT2D eigenvalue weighted by Gasteiger charge is 2.22. The number of hydrogen-bond donors (Lipinski definition) is 2. The van der Waals surface area contributed by atoms with E-state index in [-0.39, 0.29) is 24.0 Å². The highest BCUT2D eigenvalue weighted by Crippen LogP contribution is 2.29. The number of guanidine groups is 1. The van der Waals surface area contributed by atoms with Crippen molar-refractivity contribution in [3.63, 3.8) is 0 Å². The average Bonchev–Trinajstić information content (AvgIpc) is 3.55. The van der Waals surface area contributed by atoms with E-state index in [9.17, 15) is 0 Å². The lowest BCUT2D eigenvalue weighted by Gasteiger charge is -2.15. The minimum atomic E-state index is 0. The van der Waals surface area contributed by atoms with Crippen molar-refractivity contribution in [3.05, 3.63) is 71.2 Å². The summed E-state index contributed by atoms with van der Waals surface area (Å²) in [5, 5.41) is 11.4. The van der Waals surface area contributed by atoms with Crippen molar-refractivity contribution in [1.29, 1.82) is 0 Å². The third kappa shape index (κ3) is 6.44. The summed E-state index contributed by atoms with van der Waals surface area (Å²) >= 11 is 0. The summed E-state index contributed by atoms with van der Waals surface area (Å²) in [6.07, 6.45) is 4.33. The number of nitrogens with zero attached hydrogens (tertiary/aromatic N) is 4. The van der Waals surface area contributed by atoms with Gasteiger partial charge < -0.3 is 15.4 Å². The molecule has 170 valence electrons. The Morgan fingerprint density at radius 3 is 2.62 bits per heavy atom. The fraction of sp³-hybridized carbons (Fsp3) is 0.375. The van der Waals surface area contributed by atoms with Crippen LogP contribution in [0.25, 0.3) is 5.69 Å². The number of pyridine rings is 1. The molecule has 0 spiro atoms. The van der Waals surface area contributed by atoms with Crippen LogP contribution in [0.5, 0.6) is 5.88 Å². The lowest BCUT2D eigenvalue weighted by Crippen LogP contribution is -2.36. The van der Waals surface area contributed by atoms with E-state index in [0.717, 1.165) is 40.8 Å². The highest BCUT2D eigenvalue weighted by atomic mass is 127. The molecule has 0 atom stereocenters. The van der Waals surface area contributed by atoms with Gasteiger partial charge in [-0.2, -0.15) is 5.10 Å². The highest BCUT2D eigenvalue weighted by molar-refractivity contribution is 14.0. The molecule has 3 aromatic rings. The molecule has 0 bridgehead atoms. The topological polar surface area (TPSA) is 76.4 Å². The number of halogens is 1. The van der Waals surface area contributed by atoms with Gasteiger partial charge in [0.25, 0.3) is 0 Å². The van der Waals surface area contributed by atoms with E-state index in [0.29, 0.717) is 24.9 Å². The smallest absolute Gasteiger partial charge is 0.213 e. The zero-order valence-corrected chi connectivity index (χ0v) is 21.2. The monoisotopic (exact) mass is 546 g/mol. The lowest BCUT2D eigenvalue weighted by molar-refractivity contribution is 0.288. The Morgan fingerprint density at radius 1 is 1.12 bits per heavy atom. The van der Waals surface area contributed by atoms with Gasteiger partial charge >= 0.3 is 0 Å². The predicted molar refractivity (Wildman–Crippen MR) is 138 cm³/mol. The lowest BCUT2D eigenvalue weighted by atomic mass is 10.1. The molecule has 2 N–H and O–H groups in total. The predicted octanol–water partition coefficient (Wildman–Crippen LogP) is 4.16. The van der Waals surface area contributed by atoms with Crippen molar-refractivity contribution < 1.29 is 4.74 Å². The first-order valence-electron chi connectivity index (χ1n) is 10.8. The summed E-state index contributed by atoms with van der Waals surface area (Å²) in [6, 6.07) is 14.3. The van der Waals surface area contributed by atoms with E-state index in [1.54, 1.807) is 13.2 Å². The van der Waals surface area contributed by atoms with Crippen molar-refractivity contribution in [1.82, 2.24) is 25.4 Å². The minimum Gasteiger partial charge on any atom is -0.477 e. The summed E-state index contributed by atoms with van der Waals surface area (Å²) in [4.78, 5) is 8.66. The Labute approximate surface area is 206 Å². The molecule has 0 radical (unpaired) electrons. The van der Waals surface area contributed by atoms with E-state index in [1.165, 1.54) is 12.8 Å². The maximum absolute atomic E-state index is 5.78. The summed E-state index contributed by atoms with van der Waals surface area (Å²) in [7, 11) is 1.78. The maximum Gasteiger partial charge on any atom is 0.213 e. The van der Waals surface area contributed by atoms with Crippen LogP contribution in [-0.4, -0.2) is 34.4 Å². The Hall–Kier alpha value is -2.62. The Bertz CT molecular complexity index is 1060. The standard InChI is InChI=1S/C24H30N6O.HI/c1-17-12-18(2)30(29-17)22-7-5-4-6-21(22)15-28-24(25-3)27-14-20-10-11-26-23(13-20)31-16-19-8-9-19;/h4-7,10-13,19H,8-9,14-16H2,1-3H3,(H2,25,27,28);1H. The van der Waals surface area contributed by atoms with Crippen molar-refractivity contribution in [2.24, 2.45) is 10.9 Å². The van der Waals surface area contributed by atoms with Crippen molar-refractivity contribution >= 4 is 29.9 Å². The van der Waals surface area contributed by atoms with Gasteiger partial charge in [0.05, 0.1) is 18.0 Å². The summed E-state index contributed by atoms with van der Waals surface area (Å²) < 4.78 is 7.77. The number of rotatable bonds is 8. The van der Waals surface area contributed by atoms with Gasteiger partial charge in [0.15, 0.2) is 5.96 Å². The second-order valence-corrected chi connectivity index (χ2v) is 8.00. The normalized spacial score (nSPS) is 13.4. The fourth-order valence-corrected chi connectivity index (χ4v) is 3.45. The van der Waals surface area contributed by atoms with Gasteiger partial charge in [0.1, 0.15) is 0 Å². The number of para-hydroxylation sites is 1. The Kier molecular flexibility index (Phi) is 8.49. The largest absolute Gasteiger partial charge is 0.477 e. The maximum atomic E-state index is 5.78. The van der Waals surface area contributed by atoms with Gasteiger partial charge in [-0.05, 0) is 61.9 Å². The van der Waals surface area contributed by atoms with E-state index < -0.39 is 0 Å². The van der Waals surface area contributed by atoms with Gasteiger partial charge in [-0.15, -0.1) is 24.0 Å². The van der Waals surface area contributed by atoms with Crippen LogP contribution in [0.3, 0.4) is 0 Å². The van der Waals surface area contributed by atoms with Crippen LogP contribution in [0.1, 0.15) is 35.4 Å². The van der Waals surface area contributed by atoms with Gasteiger partial charge in [-0.25, -0.2) is 9.67 Å². The molecule has 8 heteroatoms. The molecular weight excluding hydrogens is 515 g/mol. The van der Waals surface area contributed by atoms with E-state index >= 15 is 0 Å². The molecule has 0 unspecified atom stereocenters. The van der Waals surface area contributed by atoms with Crippen LogP contribution in [0, 0.1) is 19.8 Å². The molecule has 2 heterocycles. The van der Waals surface area contributed by atoms with Crippen LogP contribution < -0.4 is 15.4 Å². The number of aromatic nitrogens is 3. The first-order chi connectivity index (χ1) is 15.1. The van der Waals surface area contributed by atoms with Gasteiger partial charge in [-0.3, -0.25) is 4.99 Å².